The largest absolute Gasteiger partial charge is 0.496 e. The number of nitrogens with zero attached hydrogens (tertiary/aromatic N) is 2. The van der Waals surface area contributed by atoms with E-state index in [0.29, 0.717) is 11.5 Å². The fraction of sp³-hybridized carbons (Fsp3) is 0.333. The van der Waals surface area contributed by atoms with Crippen LogP contribution < -0.4 is 9.47 Å². The summed E-state index contributed by atoms with van der Waals surface area (Å²) >= 11 is 1.60. The van der Waals surface area contributed by atoms with Crippen molar-refractivity contribution in [1.29, 1.82) is 0 Å². The third kappa shape index (κ3) is 2.99. The van der Waals surface area contributed by atoms with E-state index in [1.54, 1.807) is 26.0 Å². The number of aromatic amines is 1. The van der Waals surface area contributed by atoms with Crippen LogP contribution in [0.3, 0.4) is 0 Å². The number of para-hydroxylation sites is 2. The summed E-state index contributed by atoms with van der Waals surface area (Å²) in [4.78, 5) is 23.1. The predicted octanol–water partition coefficient (Wildman–Crippen LogP) is 4.30. The number of thioether (sulfide) groups is 1. The smallest absolute Gasteiger partial charge is 0.237 e. The molecule has 7 heteroatoms. The molecule has 146 valence electrons. The molecule has 0 radical (unpaired) electrons. The summed E-state index contributed by atoms with van der Waals surface area (Å²) in [7, 11) is 3.27. The van der Waals surface area contributed by atoms with E-state index in [-0.39, 0.29) is 22.6 Å². The predicted molar refractivity (Wildman–Crippen MR) is 111 cm³/mol. The Labute approximate surface area is 168 Å². The van der Waals surface area contributed by atoms with Crippen molar-refractivity contribution in [3.05, 3.63) is 53.9 Å². The van der Waals surface area contributed by atoms with Gasteiger partial charge in [-0.2, -0.15) is 0 Å². The van der Waals surface area contributed by atoms with Gasteiger partial charge < -0.3 is 19.4 Å². The molecule has 3 aromatic rings. The second kappa shape index (κ2) is 7.39. The molecule has 2 heterocycles. The molecule has 1 fully saturated rings. The molecule has 3 unspecified atom stereocenters. The number of carbonyl (C=O) groups excluding carboxylic acids is 1. The summed E-state index contributed by atoms with van der Waals surface area (Å²) in [6.45, 7) is 3.94. The first kappa shape index (κ1) is 18.7. The van der Waals surface area contributed by atoms with E-state index in [1.807, 2.05) is 61.2 Å². The van der Waals surface area contributed by atoms with Gasteiger partial charge in [-0.15, -0.1) is 11.8 Å². The van der Waals surface area contributed by atoms with Gasteiger partial charge in [-0.05, 0) is 38.1 Å². The maximum atomic E-state index is 13.1. The SMILES string of the molecule is COc1cccc(OC)c1C1SC(C)C(=O)N1C(C)c1nc2ccccc2[nH]1. The Morgan fingerprint density at radius 3 is 2.43 bits per heavy atom. The number of benzene rings is 2. The molecule has 1 aromatic heterocycles. The molecule has 0 aliphatic carbocycles. The number of rotatable bonds is 5. The van der Waals surface area contributed by atoms with Crippen molar-refractivity contribution in [3.63, 3.8) is 0 Å². The molecule has 1 aliphatic heterocycles. The lowest BCUT2D eigenvalue weighted by Crippen LogP contribution is -2.33. The Morgan fingerprint density at radius 2 is 1.79 bits per heavy atom. The monoisotopic (exact) mass is 397 g/mol. The van der Waals surface area contributed by atoms with Crippen LogP contribution in [0.4, 0.5) is 0 Å². The molecule has 0 bridgehead atoms. The molecule has 3 atom stereocenters. The molecule has 6 nitrogen and oxygen atoms in total. The van der Waals surface area contributed by atoms with Gasteiger partial charge in [0.15, 0.2) is 0 Å². The second-order valence-electron chi connectivity index (χ2n) is 6.77. The summed E-state index contributed by atoms with van der Waals surface area (Å²) < 4.78 is 11.2. The average molecular weight is 398 g/mol. The lowest BCUT2D eigenvalue weighted by Gasteiger charge is -2.30. The first-order valence-corrected chi connectivity index (χ1v) is 10.1. The van der Waals surface area contributed by atoms with Crippen molar-refractivity contribution >= 4 is 28.7 Å². The quantitative estimate of drug-likeness (QED) is 0.695. The van der Waals surface area contributed by atoms with E-state index < -0.39 is 0 Å². The molecule has 1 saturated heterocycles. The van der Waals surface area contributed by atoms with E-state index in [0.717, 1.165) is 22.4 Å². The van der Waals surface area contributed by atoms with Crippen LogP contribution in [0.1, 0.15) is 36.7 Å². The summed E-state index contributed by atoms with van der Waals surface area (Å²) in [5, 5.41) is -0.386. The number of hydrogen-bond donors (Lipinski definition) is 1. The molecule has 1 aliphatic rings. The number of amides is 1. The molecule has 1 N–H and O–H groups in total. The van der Waals surface area contributed by atoms with Crippen LogP contribution in [0.5, 0.6) is 11.5 Å². The minimum atomic E-state index is -0.225. The number of aromatic nitrogens is 2. The Balaban J connectivity index is 1.79. The topological polar surface area (TPSA) is 67.5 Å². The van der Waals surface area contributed by atoms with E-state index in [9.17, 15) is 4.79 Å². The Morgan fingerprint density at radius 1 is 1.11 bits per heavy atom. The second-order valence-corrected chi connectivity index (χ2v) is 8.19. The number of ether oxygens (including phenoxy) is 2. The minimum Gasteiger partial charge on any atom is -0.496 e. The van der Waals surface area contributed by atoms with Crippen LogP contribution in [0.25, 0.3) is 11.0 Å². The average Bonchev–Trinajstić information content (AvgIpc) is 3.28. The van der Waals surface area contributed by atoms with Gasteiger partial charge in [0.25, 0.3) is 0 Å². The zero-order chi connectivity index (χ0) is 19.8. The van der Waals surface area contributed by atoms with E-state index in [2.05, 4.69) is 4.98 Å². The third-order valence-electron chi connectivity index (χ3n) is 5.12. The lowest BCUT2D eigenvalue weighted by molar-refractivity contribution is -0.132. The highest BCUT2D eigenvalue weighted by Crippen LogP contribution is 2.51. The molecule has 0 saturated carbocycles. The van der Waals surface area contributed by atoms with Crippen LogP contribution in [0.15, 0.2) is 42.5 Å². The number of H-pyrrole nitrogens is 1. The van der Waals surface area contributed by atoms with E-state index in [1.165, 1.54) is 0 Å². The molecule has 1 amide bonds. The van der Waals surface area contributed by atoms with Gasteiger partial charge in [0.1, 0.15) is 22.7 Å². The Bertz CT molecular complexity index is 964. The van der Waals surface area contributed by atoms with Crippen LogP contribution >= 0.6 is 11.8 Å². The molecule has 28 heavy (non-hydrogen) atoms. The number of nitrogens with one attached hydrogen (secondary N) is 1. The van der Waals surface area contributed by atoms with Gasteiger partial charge in [-0.3, -0.25) is 4.79 Å². The third-order valence-corrected chi connectivity index (χ3v) is 6.45. The number of fused-ring (bicyclic) bond motifs is 1. The normalized spacial score (nSPS) is 20.6. The lowest BCUT2D eigenvalue weighted by atomic mass is 10.1. The van der Waals surface area contributed by atoms with E-state index >= 15 is 0 Å². The number of methoxy groups -OCH3 is 2. The van der Waals surface area contributed by atoms with Gasteiger partial charge >= 0.3 is 0 Å². The van der Waals surface area contributed by atoms with Crippen LogP contribution in [-0.4, -0.2) is 40.2 Å². The van der Waals surface area contributed by atoms with Crippen molar-refractivity contribution in [3.8, 4) is 11.5 Å². The van der Waals surface area contributed by atoms with Gasteiger partial charge in [0.2, 0.25) is 5.91 Å². The molecule has 4 rings (SSSR count). The van der Waals surface area contributed by atoms with Crippen LogP contribution in [0.2, 0.25) is 0 Å². The molecule has 2 aromatic carbocycles. The zero-order valence-electron chi connectivity index (χ0n) is 16.3. The number of imidazole rings is 1. The standard InChI is InChI=1S/C21H23N3O3S/c1-12(19-22-14-8-5-6-9-15(14)23-19)24-20(25)13(2)28-21(24)18-16(26-3)10-7-11-17(18)27-4/h5-13,21H,1-4H3,(H,22,23). The van der Waals surface area contributed by atoms with Gasteiger partial charge in [0, 0.05) is 0 Å². The highest BCUT2D eigenvalue weighted by molar-refractivity contribution is 8.01. The highest BCUT2D eigenvalue weighted by Gasteiger charge is 2.44. The van der Waals surface area contributed by atoms with Crippen molar-refractivity contribution in [1.82, 2.24) is 14.9 Å². The zero-order valence-corrected chi connectivity index (χ0v) is 17.1. The summed E-state index contributed by atoms with van der Waals surface area (Å²) in [5.74, 6) is 2.26. The van der Waals surface area contributed by atoms with Crippen LogP contribution in [0, 0.1) is 0 Å². The fourth-order valence-corrected chi connectivity index (χ4v) is 5.08. The van der Waals surface area contributed by atoms with Crippen molar-refractivity contribution in [2.45, 2.75) is 30.5 Å². The first-order chi connectivity index (χ1) is 13.5. The van der Waals surface area contributed by atoms with Crippen molar-refractivity contribution < 1.29 is 14.3 Å². The van der Waals surface area contributed by atoms with Gasteiger partial charge in [-0.1, -0.05) is 18.2 Å². The summed E-state index contributed by atoms with van der Waals surface area (Å²) in [6.07, 6.45) is 0. The Kier molecular flexibility index (Phi) is 4.93. The maximum Gasteiger partial charge on any atom is 0.237 e. The van der Waals surface area contributed by atoms with E-state index in [4.69, 9.17) is 14.5 Å². The van der Waals surface area contributed by atoms with Crippen molar-refractivity contribution in [2.75, 3.05) is 14.2 Å². The minimum absolute atomic E-state index is 0.0796. The Hall–Kier alpha value is -2.67. The summed E-state index contributed by atoms with van der Waals surface area (Å²) in [5.41, 5.74) is 2.73. The van der Waals surface area contributed by atoms with Gasteiger partial charge in [0.05, 0.1) is 42.1 Å². The van der Waals surface area contributed by atoms with Crippen molar-refractivity contribution in [2.24, 2.45) is 0 Å². The maximum absolute atomic E-state index is 13.1. The number of carbonyl (C=O) groups is 1. The summed E-state index contributed by atoms with van der Waals surface area (Å²) in [6, 6.07) is 13.3. The molecule has 0 spiro atoms. The molecular formula is C21H23N3O3S. The number of hydrogen-bond acceptors (Lipinski definition) is 5. The van der Waals surface area contributed by atoms with Crippen LogP contribution in [-0.2, 0) is 4.79 Å². The fourth-order valence-electron chi connectivity index (χ4n) is 3.67. The molecular weight excluding hydrogens is 374 g/mol. The van der Waals surface area contributed by atoms with Gasteiger partial charge in [-0.25, -0.2) is 4.98 Å². The highest BCUT2D eigenvalue weighted by atomic mass is 32.2. The first-order valence-electron chi connectivity index (χ1n) is 9.18.